The van der Waals surface area contributed by atoms with Crippen LogP contribution in [0, 0.1) is 0 Å². The zero-order chi connectivity index (χ0) is 10.6. The van der Waals surface area contributed by atoms with Gasteiger partial charge in [0.15, 0.2) is 0 Å². The lowest BCUT2D eigenvalue weighted by atomic mass is 10.3. The monoisotopic (exact) mass is 276 g/mol. The third kappa shape index (κ3) is 3.14. The summed E-state index contributed by atoms with van der Waals surface area (Å²) in [7, 11) is 0. The Kier molecular flexibility index (Phi) is 4.70. The van der Waals surface area contributed by atoms with E-state index in [1.165, 1.54) is 12.1 Å². The number of hydrogen-bond donors (Lipinski definition) is 2. The van der Waals surface area contributed by atoms with E-state index in [4.69, 9.17) is 0 Å². The van der Waals surface area contributed by atoms with Crippen LogP contribution in [0.5, 0.6) is 11.5 Å². The Balaban J connectivity index is 2.77. The fraction of sp³-hybridized carbons (Fsp3) is 0.400. The van der Waals surface area contributed by atoms with Crippen LogP contribution < -0.4 is 5.30 Å². The average molecular weight is 277 g/mol. The Labute approximate surface area is 93.5 Å². The summed E-state index contributed by atoms with van der Waals surface area (Å²) in [6, 6.07) is 4.66. The van der Waals surface area contributed by atoms with E-state index in [-0.39, 0.29) is 11.5 Å². The highest BCUT2D eigenvalue weighted by Crippen LogP contribution is 2.46. The third-order valence-electron chi connectivity index (χ3n) is 1.93. The Hall–Kier alpha value is -0.270. The van der Waals surface area contributed by atoms with Gasteiger partial charge in [-0.15, -0.1) is 0 Å². The van der Waals surface area contributed by atoms with E-state index in [1.807, 2.05) is 0 Å². The second-order valence-corrected chi connectivity index (χ2v) is 7.33. The number of benzene rings is 1. The van der Waals surface area contributed by atoms with E-state index in [0.29, 0.717) is 0 Å². The fourth-order valence-electron chi connectivity index (χ4n) is 1.12. The number of phenols is 2. The third-order valence-corrected chi connectivity index (χ3v) is 5.73. The number of halogens is 1. The van der Waals surface area contributed by atoms with E-state index in [1.54, 1.807) is 6.07 Å². The van der Waals surface area contributed by atoms with Crippen molar-refractivity contribution in [3.63, 3.8) is 0 Å². The van der Waals surface area contributed by atoms with Gasteiger partial charge in [0.05, 0.1) is 0 Å². The molecule has 0 amide bonds. The van der Waals surface area contributed by atoms with Crippen LogP contribution in [-0.4, -0.2) is 16.4 Å². The van der Waals surface area contributed by atoms with E-state index in [0.717, 1.165) is 24.3 Å². The predicted molar refractivity (Wildman–Crippen MR) is 65.0 cm³/mol. The van der Waals surface area contributed by atoms with Crippen LogP contribution >= 0.6 is 22.1 Å². The zero-order valence-electron chi connectivity index (χ0n) is 8.07. The first kappa shape index (κ1) is 11.8. The summed E-state index contributed by atoms with van der Waals surface area (Å²) in [4.78, 5) is 0. The molecule has 0 fully saturated rings. The Morgan fingerprint density at radius 2 is 2.07 bits per heavy atom. The topological polar surface area (TPSA) is 40.5 Å². The number of phenolic OH excluding ortho intramolecular Hbond substituents is 2. The average Bonchev–Trinajstić information content (AvgIpc) is 2.18. The van der Waals surface area contributed by atoms with Crippen LogP contribution in [0.2, 0.25) is 0 Å². The molecule has 0 aliphatic rings. The molecule has 0 aliphatic heterocycles. The lowest BCUT2D eigenvalue weighted by Gasteiger charge is -2.11. The smallest absolute Gasteiger partial charge is 0.124 e. The van der Waals surface area contributed by atoms with E-state index in [9.17, 15) is 10.2 Å². The molecule has 1 atom stereocenters. The minimum atomic E-state index is -0.516. The molecule has 2 N–H and O–H groups in total. The SMILES string of the molecule is CCCCP(Br)c1cc(O)ccc1O. The molecule has 1 rings (SSSR count). The van der Waals surface area contributed by atoms with Crippen LogP contribution in [0.4, 0.5) is 0 Å². The normalized spacial score (nSPS) is 12.7. The first-order chi connectivity index (χ1) is 6.65. The molecule has 0 bridgehead atoms. The van der Waals surface area contributed by atoms with Gasteiger partial charge in [-0.1, -0.05) is 28.8 Å². The van der Waals surface area contributed by atoms with Crippen LogP contribution in [0.25, 0.3) is 0 Å². The quantitative estimate of drug-likeness (QED) is 0.654. The van der Waals surface area contributed by atoms with Crippen molar-refractivity contribution in [1.29, 1.82) is 0 Å². The Morgan fingerprint density at radius 1 is 1.36 bits per heavy atom. The predicted octanol–water partition coefficient (Wildman–Crippen LogP) is 3.32. The summed E-state index contributed by atoms with van der Waals surface area (Å²) in [5, 5.41) is 19.7. The minimum absolute atomic E-state index is 0.209. The van der Waals surface area contributed by atoms with Crippen molar-refractivity contribution >= 4 is 27.4 Å². The number of rotatable bonds is 4. The fourth-order valence-corrected chi connectivity index (χ4v) is 4.16. The molecule has 0 spiro atoms. The molecule has 4 heteroatoms. The summed E-state index contributed by atoms with van der Waals surface area (Å²) in [5.41, 5.74) is 0. The van der Waals surface area contributed by atoms with Gasteiger partial charge in [-0.05, 0) is 37.4 Å². The van der Waals surface area contributed by atoms with E-state index in [2.05, 4.69) is 22.4 Å². The van der Waals surface area contributed by atoms with Crippen molar-refractivity contribution in [2.75, 3.05) is 6.16 Å². The van der Waals surface area contributed by atoms with Crippen molar-refractivity contribution in [3.05, 3.63) is 18.2 Å². The Bertz CT molecular complexity index is 304. The van der Waals surface area contributed by atoms with Gasteiger partial charge in [0.25, 0.3) is 0 Å². The van der Waals surface area contributed by atoms with Crippen LogP contribution in [0.15, 0.2) is 18.2 Å². The molecular formula is C10H14BrO2P. The van der Waals surface area contributed by atoms with Crippen LogP contribution in [0.3, 0.4) is 0 Å². The molecule has 1 aromatic carbocycles. The molecule has 2 nitrogen and oxygen atoms in total. The number of hydrogen-bond acceptors (Lipinski definition) is 2. The highest BCUT2D eigenvalue weighted by molar-refractivity contribution is 9.40. The molecule has 1 aromatic rings. The van der Waals surface area contributed by atoms with Crippen molar-refractivity contribution < 1.29 is 10.2 Å². The van der Waals surface area contributed by atoms with Crippen LogP contribution in [-0.2, 0) is 0 Å². The number of aromatic hydroxyl groups is 2. The first-order valence-corrected chi connectivity index (χ1v) is 8.15. The molecule has 78 valence electrons. The molecule has 0 aromatic heterocycles. The zero-order valence-corrected chi connectivity index (χ0v) is 10.6. The highest BCUT2D eigenvalue weighted by Gasteiger charge is 2.11. The van der Waals surface area contributed by atoms with Crippen LogP contribution in [0.1, 0.15) is 19.8 Å². The van der Waals surface area contributed by atoms with Gasteiger partial charge < -0.3 is 10.2 Å². The largest absolute Gasteiger partial charge is 0.508 e. The molecule has 0 aliphatic carbocycles. The molecule has 0 saturated heterocycles. The molecule has 0 radical (unpaired) electrons. The lowest BCUT2D eigenvalue weighted by Crippen LogP contribution is -2.00. The second kappa shape index (κ2) is 5.57. The van der Waals surface area contributed by atoms with Gasteiger partial charge in [0.1, 0.15) is 11.5 Å². The summed E-state index contributed by atoms with van der Waals surface area (Å²) >= 11 is 3.57. The molecule has 0 saturated carbocycles. The van der Waals surface area contributed by atoms with Crippen molar-refractivity contribution in [1.82, 2.24) is 0 Å². The van der Waals surface area contributed by atoms with Gasteiger partial charge in [-0.3, -0.25) is 0 Å². The van der Waals surface area contributed by atoms with E-state index < -0.39 is 6.62 Å². The van der Waals surface area contributed by atoms with Gasteiger partial charge in [0, 0.05) is 5.30 Å². The lowest BCUT2D eigenvalue weighted by molar-refractivity contribution is 0.464. The standard InChI is InChI=1S/C10H14BrO2P/c1-2-3-6-14(11)10-7-8(12)4-5-9(10)13/h4-5,7,12-13H,2-3,6H2,1H3. The summed E-state index contributed by atoms with van der Waals surface area (Å²) in [6.07, 6.45) is 3.30. The highest BCUT2D eigenvalue weighted by atomic mass is 79.9. The van der Waals surface area contributed by atoms with Gasteiger partial charge in [-0.25, -0.2) is 0 Å². The molecule has 0 heterocycles. The van der Waals surface area contributed by atoms with Gasteiger partial charge >= 0.3 is 0 Å². The molecular weight excluding hydrogens is 263 g/mol. The maximum Gasteiger partial charge on any atom is 0.124 e. The summed E-state index contributed by atoms with van der Waals surface area (Å²) < 4.78 is 0. The second-order valence-electron chi connectivity index (χ2n) is 3.11. The van der Waals surface area contributed by atoms with Gasteiger partial charge in [0.2, 0.25) is 0 Å². The maximum atomic E-state index is 9.58. The van der Waals surface area contributed by atoms with E-state index >= 15 is 0 Å². The van der Waals surface area contributed by atoms with Crippen molar-refractivity contribution in [3.8, 4) is 11.5 Å². The first-order valence-electron chi connectivity index (χ1n) is 4.60. The molecule has 1 unspecified atom stereocenters. The maximum absolute atomic E-state index is 9.58. The van der Waals surface area contributed by atoms with Crippen molar-refractivity contribution in [2.45, 2.75) is 19.8 Å². The van der Waals surface area contributed by atoms with Crippen molar-refractivity contribution in [2.24, 2.45) is 0 Å². The summed E-state index contributed by atoms with van der Waals surface area (Å²) in [5.74, 6) is 0.475. The molecule has 14 heavy (non-hydrogen) atoms. The number of unbranched alkanes of at least 4 members (excludes halogenated alkanes) is 1. The van der Waals surface area contributed by atoms with Gasteiger partial charge in [-0.2, -0.15) is 0 Å². The minimum Gasteiger partial charge on any atom is -0.508 e. The summed E-state index contributed by atoms with van der Waals surface area (Å²) in [6.45, 7) is 1.62. The Morgan fingerprint density at radius 3 is 2.71 bits per heavy atom.